The molecule has 0 fully saturated rings. The van der Waals surface area contributed by atoms with Gasteiger partial charge in [-0.3, -0.25) is 14.4 Å². The molecule has 8 heteroatoms. The van der Waals surface area contributed by atoms with Crippen LogP contribution < -0.4 is 10.9 Å². The van der Waals surface area contributed by atoms with Gasteiger partial charge in [-0.15, -0.1) is 0 Å². The maximum atomic E-state index is 13.5. The number of amidine groups is 1. The molecule has 156 valence electrons. The molecule has 0 bridgehead atoms. The number of halogens is 1. The minimum atomic E-state index is -0.412. The maximum absolute atomic E-state index is 13.5. The first-order valence-corrected chi connectivity index (χ1v) is 10.1. The second-order valence-corrected chi connectivity index (χ2v) is 7.32. The number of benzene rings is 2. The predicted octanol–water partition coefficient (Wildman–Crippen LogP) is 4.62. The van der Waals surface area contributed by atoms with Gasteiger partial charge in [0.25, 0.3) is 5.56 Å². The summed E-state index contributed by atoms with van der Waals surface area (Å²) in [5.74, 6) is 1.01. The normalized spacial score (nSPS) is 12.7. The first kappa shape index (κ1) is 20.6. The lowest BCUT2D eigenvalue weighted by Crippen LogP contribution is -2.23. The molecule has 31 heavy (non-hydrogen) atoms. The number of hydrogen-bond acceptors (Lipinski definition) is 4. The van der Waals surface area contributed by atoms with Crippen molar-refractivity contribution in [2.45, 2.75) is 13.0 Å². The Balaban J connectivity index is 1.96. The highest BCUT2D eigenvalue weighted by Crippen LogP contribution is 2.27. The number of rotatable bonds is 5. The summed E-state index contributed by atoms with van der Waals surface area (Å²) >= 11 is 6.38. The SMILES string of the molecule is C=NC(=N[C@@H](C)c1cc2cccc(Cl)c2c(=O)n1-c1ccccc1)c1[nH]cnc1NC. The Labute approximate surface area is 184 Å². The molecule has 1 atom stereocenters. The number of hydrogen-bond donors (Lipinski definition) is 2. The van der Waals surface area contributed by atoms with E-state index in [1.54, 1.807) is 24.0 Å². The van der Waals surface area contributed by atoms with Crippen LogP contribution in [0.4, 0.5) is 5.82 Å². The molecule has 2 heterocycles. The van der Waals surface area contributed by atoms with E-state index in [4.69, 9.17) is 16.6 Å². The van der Waals surface area contributed by atoms with Gasteiger partial charge in [0.05, 0.1) is 28.5 Å². The molecule has 0 aliphatic heterocycles. The Morgan fingerprint density at radius 2 is 2.00 bits per heavy atom. The average Bonchev–Trinajstić information content (AvgIpc) is 3.26. The molecule has 0 aliphatic carbocycles. The van der Waals surface area contributed by atoms with Crippen LogP contribution in [0.15, 0.2) is 75.7 Å². The predicted molar refractivity (Wildman–Crippen MR) is 127 cm³/mol. The monoisotopic (exact) mass is 432 g/mol. The first-order chi connectivity index (χ1) is 15.0. The van der Waals surface area contributed by atoms with E-state index >= 15 is 0 Å². The Morgan fingerprint density at radius 1 is 1.23 bits per heavy atom. The molecule has 0 saturated heterocycles. The van der Waals surface area contributed by atoms with E-state index in [1.807, 2.05) is 55.5 Å². The summed E-state index contributed by atoms with van der Waals surface area (Å²) in [5.41, 5.74) is 1.87. The zero-order valence-corrected chi connectivity index (χ0v) is 17.9. The molecular weight excluding hydrogens is 412 g/mol. The van der Waals surface area contributed by atoms with E-state index < -0.39 is 6.04 Å². The van der Waals surface area contributed by atoms with Crippen LogP contribution in [0.3, 0.4) is 0 Å². The highest BCUT2D eigenvalue weighted by Gasteiger charge is 2.19. The van der Waals surface area contributed by atoms with Crippen molar-refractivity contribution in [2.75, 3.05) is 12.4 Å². The van der Waals surface area contributed by atoms with Crippen LogP contribution in [-0.4, -0.2) is 34.1 Å². The van der Waals surface area contributed by atoms with Crippen molar-refractivity contribution < 1.29 is 0 Å². The molecule has 0 saturated carbocycles. The van der Waals surface area contributed by atoms with Crippen LogP contribution in [0, 0.1) is 0 Å². The Kier molecular flexibility index (Phi) is 5.68. The van der Waals surface area contributed by atoms with Gasteiger partial charge >= 0.3 is 0 Å². The number of nitrogens with one attached hydrogen (secondary N) is 2. The lowest BCUT2D eigenvalue weighted by Gasteiger charge is -2.18. The van der Waals surface area contributed by atoms with Gasteiger partial charge in [-0.25, -0.2) is 9.98 Å². The second-order valence-electron chi connectivity index (χ2n) is 6.91. The van der Waals surface area contributed by atoms with Crippen LogP contribution in [0.2, 0.25) is 5.02 Å². The summed E-state index contributed by atoms with van der Waals surface area (Å²) in [6.07, 6.45) is 1.56. The van der Waals surface area contributed by atoms with Crippen LogP contribution in [0.5, 0.6) is 0 Å². The first-order valence-electron chi connectivity index (χ1n) is 9.70. The largest absolute Gasteiger partial charge is 0.371 e. The summed E-state index contributed by atoms with van der Waals surface area (Å²) in [4.78, 5) is 29.6. The van der Waals surface area contributed by atoms with Gasteiger partial charge in [0.1, 0.15) is 5.69 Å². The van der Waals surface area contributed by atoms with Gasteiger partial charge in [-0.1, -0.05) is 41.9 Å². The average molecular weight is 433 g/mol. The molecule has 7 nitrogen and oxygen atoms in total. The fourth-order valence-corrected chi connectivity index (χ4v) is 3.84. The van der Waals surface area contributed by atoms with Crippen LogP contribution in [0.1, 0.15) is 24.4 Å². The molecule has 4 aromatic rings. The quantitative estimate of drug-likeness (QED) is 0.356. The molecule has 0 radical (unpaired) electrons. The van der Waals surface area contributed by atoms with E-state index in [0.29, 0.717) is 33.5 Å². The molecule has 2 aromatic heterocycles. The number of aliphatic imine (C=N–C) groups is 2. The summed E-state index contributed by atoms with van der Waals surface area (Å²) in [5, 5.41) is 4.65. The number of imidazole rings is 1. The van der Waals surface area contributed by atoms with Gasteiger partial charge in [0.2, 0.25) is 0 Å². The van der Waals surface area contributed by atoms with E-state index in [0.717, 1.165) is 11.1 Å². The molecule has 2 N–H and O–H groups in total. The highest BCUT2D eigenvalue weighted by atomic mass is 35.5. The molecule has 0 unspecified atom stereocenters. The van der Waals surface area contributed by atoms with E-state index in [1.165, 1.54) is 0 Å². The van der Waals surface area contributed by atoms with Gasteiger partial charge in [0, 0.05) is 12.7 Å². The number of H-pyrrole nitrogens is 1. The van der Waals surface area contributed by atoms with Gasteiger partial charge in [0.15, 0.2) is 11.7 Å². The lowest BCUT2D eigenvalue weighted by molar-refractivity contribution is 0.735. The van der Waals surface area contributed by atoms with Crippen molar-refractivity contribution in [3.05, 3.63) is 87.7 Å². The third-order valence-electron chi connectivity index (χ3n) is 5.03. The zero-order valence-electron chi connectivity index (χ0n) is 17.1. The van der Waals surface area contributed by atoms with Crippen LogP contribution >= 0.6 is 11.6 Å². The van der Waals surface area contributed by atoms with Gasteiger partial charge in [-0.05, 0) is 43.3 Å². The van der Waals surface area contributed by atoms with E-state index in [9.17, 15) is 4.79 Å². The Morgan fingerprint density at radius 3 is 2.71 bits per heavy atom. The standard InChI is InChI=1S/C23H21ClN6O/c1-14(29-22(26-3)20-21(25-2)28-13-27-20)18-12-15-8-7-11-17(24)19(15)23(31)30(18)16-9-5-4-6-10-16/h4-14,25H,3H2,1-2H3,(H,27,28)/t14-/m0/s1. The molecule has 0 spiro atoms. The number of fused-ring (bicyclic) bond motifs is 1. The highest BCUT2D eigenvalue weighted by molar-refractivity contribution is 6.35. The van der Waals surface area contributed by atoms with E-state index in [2.05, 4.69) is 27.0 Å². The molecular formula is C23H21ClN6O. The Hall–Kier alpha value is -3.71. The zero-order chi connectivity index (χ0) is 22.0. The molecule has 0 amide bonds. The van der Waals surface area contributed by atoms with Crippen molar-refractivity contribution in [3.8, 4) is 5.69 Å². The third kappa shape index (κ3) is 3.75. The number of aromatic nitrogens is 3. The minimum absolute atomic E-state index is 0.197. The third-order valence-corrected chi connectivity index (χ3v) is 5.35. The second kappa shape index (κ2) is 8.57. The van der Waals surface area contributed by atoms with Crippen molar-refractivity contribution in [3.63, 3.8) is 0 Å². The summed E-state index contributed by atoms with van der Waals surface area (Å²) in [6.45, 7) is 5.56. The smallest absolute Gasteiger partial charge is 0.264 e. The topological polar surface area (TPSA) is 87.4 Å². The maximum Gasteiger partial charge on any atom is 0.264 e. The van der Waals surface area contributed by atoms with E-state index in [-0.39, 0.29) is 5.56 Å². The number of para-hydroxylation sites is 1. The Bertz CT molecular complexity index is 1340. The number of aromatic amines is 1. The molecule has 0 aliphatic rings. The molecule has 4 rings (SSSR count). The lowest BCUT2D eigenvalue weighted by atomic mass is 10.1. The summed E-state index contributed by atoms with van der Waals surface area (Å²) < 4.78 is 1.65. The van der Waals surface area contributed by atoms with Crippen molar-refractivity contribution in [1.29, 1.82) is 0 Å². The summed E-state index contributed by atoms with van der Waals surface area (Å²) in [7, 11) is 1.77. The number of anilines is 1. The van der Waals surface area contributed by atoms with Crippen molar-refractivity contribution in [2.24, 2.45) is 9.98 Å². The van der Waals surface area contributed by atoms with Crippen molar-refractivity contribution in [1.82, 2.24) is 14.5 Å². The fourth-order valence-electron chi connectivity index (χ4n) is 3.58. The number of nitrogens with zero attached hydrogens (tertiary/aromatic N) is 4. The van der Waals surface area contributed by atoms with Gasteiger partial charge < -0.3 is 10.3 Å². The van der Waals surface area contributed by atoms with Gasteiger partial charge in [-0.2, -0.15) is 0 Å². The molecule has 2 aromatic carbocycles. The fraction of sp³-hybridized carbons (Fsp3) is 0.130. The number of pyridine rings is 1. The van der Waals surface area contributed by atoms with Crippen LogP contribution in [0.25, 0.3) is 16.5 Å². The van der Waals surface area contributed by atoms with Crippen molar-refractivity contribution >= 4 is 40.7 Å². The van der Waals surface area contributed by atoms with Crippen LogP contribution in [-0.2, 0) is 0 Å². The summed E-state index contributed by atoms with van der Waals surface area (Å²) in [6, 6.07) is 16.4. The minimum Gasteiger partial charge on any atom is -0.371 e.